The lowest BCUT2D eigenvalue weighted by molar-refractivity contribution is -0.133. The standard InChI is InChI=1S/C18H25ClN2O3S/c19-16-8-4-5-9-17(16)25(23,24)21-12-10-20(11-13-21)18(22)14-15-6-2-1-3-7-15/h4-5,8-9,15H,1-3,6-7,10-14H2. The number of amides is 1. The van der Waals surface area contributed by atoms with Crippen LogP contribution in [-0.4, -0.2) is 49.7 Å². The second-order valence-corrected chi connectivity index (χ2v) is 9.24. The molecule has 0 atom stereocenters. The van der Waals surface area contributed by atoms with Crippen LogP contribution < -0.4 is 0 Å². The Hall–Kier alpha value is -1.11. The van der Waals surface area contributed by atoms with Crippen molar-refractivity contribution in [1.82, 2.24) is 9.21 Å². The van der Waals surface area contributed by atoms with Crippen LogP contribution in [-0.2, 0) is 14.8 Å². The van der Waals surface area contributed by atoms with Crippen molar-refractivity contribution in [2.75, 3.05) is 26.2 Å². The van der Waals surface area contributed by atoms with Gasteiger partial charge >= 0.3 is 0 Å². The molecule has 2 aliphatic rings. The van der Waals surface area contributed by atoms with E-state index in [-0.39, 0.29) is 15.8 Å². The molecule has 0 radical (unpaired) electrons. The van der Waals surface area contributed by atoms with Crippen molar-refractivity contribution < 1.29 is 13.2 Å². The Morgan fingerprint density at radius 2 is 1.68 bits per heavy atom. The largest absolute Gasteiger partial charge is 0.340 e. The van der Waals surface area contributed by atoms with Gasteiger partial charge in [0.05, 0.1) is 5.02 Å². The molecule has 138 valence electrons. The lowest BCUT2D eigenvalue weighted by Gasteiger charge is -2.35. The summed E-state index contributed by atoms with van der Waals surface area (Å²) in [5.74, 6) is 0.674. The molecule has 1 amide bonds. The van der Waals surface area contributed by atoms with E-state index in [1.54, 1.807) is 18.2 Å². The predicted octanol–water partition coefficient (Wildman–Crippen LogP) is 3.14. The van der Waals surface area contributed by atoms with Crippen LogP contribution in [0.25, 0.3) is 0 Å². The van der Waals surface area contributed by atoms with Crippen LogP contribution >= 0.6 is 11.6 Å². The topological polar surface area (TPSA) is 57.7 Å². The molecule has 1 aromatic carbocycles. The van der Waals surface area contributed by atoms with Gasteiger partial charge in [0, 0.05) is 32.6 Å². The Morgan fingerprint density at radius 3 is 2.32 bits per heavy atom. The van der Waals surface area contributed by atoms with Gasteiger partial charge in [-0.1, -0.05) is 43.0 Å². The maximum absolute atomic E-state index is 12.7. The fraction of sp³-hybridized carbons (Fsp3) is 0.611. The Bertz CT molecular complexity index is 709. The molecule has 3 rings (SSSR count). The summed E-state index contributed by atoms with van der Waals surface area (Å²) in [6.45, 7) is 1.55. The average molecular weight is 385 g/mol. The molecule has 0 unspecified atom stereocenters. The summed E-state index contributed by atoms with van der Waals surface area (Å²) >= 11 is 6.05. The highest BCUT2D eigenvalue weighted by Gasteiger charge is 2.31. The first kappa shape index (κ1) is 18.7. The van der Waals surface area contributed by atoms with Crippen LogP contribution in [0.4, 0.5) is 0 Å². The minimum absolute atomic E-state index is 0.138. The van der Waals surface area contributed by atoms with Crippen molar-refractivity contribution in [1.29, 1.82) is 0 Å². The number of carbonyl (C=O) groups excluding carboxylic acids is 1. The van der Waals surface area contributed by atoms with Crippen molar-refractivity contribution in [3.8, 4) is 0 Å². The first-order chi connectivity index (χ1) is 12.0. The number of carbonyl (C=O) groups is 1. The van der Waals surface area contributed by atoms with Gasteiger partial charge in [0.25, 0.3) is 0 Å². The van der Waals surface area contributed by atoms with Gasteiger partial charge in [-0.2, -0.15) is 4.31 Å². The highest BCUT2D eigenvalue weighted by atomic mass is 35.5. The normalized spacial score (nSPS) is 20.6. The number of benzene rings is 1. The van der Waals surface area contributed by atoms with Crippen LogP contribution in [0.2, 0.25) is 5.02 Å². The minimum atomic E-state index is -3.61. The zero-order valence-corrected chi connectivity index (χ0v) is 15.9. The molecular formula is C18H25ClN2O3S. The summed E-state index contributed by atoms with van der Waals surface area (Å²) in [4.78, 5) is 14.4. The Balaban J connectivity index is 1.58. The fourth-order valence-corrected chi connectivity index (χ4v) is 5.65. The second kappa shape index (κ2) is 8.06. The lowest BCUT2D eigenvalue weighted by Crippen LogP contribution is -2.50. The summed E-state index contributed by atoms with van der Waals surface area (Å²) in [5.41, 5.74) is 0. The molecule has 1 saturated carbocycles. The van der Waals surface area contributed by atoms with E-state index in [4.69, 9.17) is 11.6 Å². The third-order valence-corrected chi connectivity index (χ3v) is 7.63. The van der Waals surface area contributed by atoms with Crippen molar-refractivity contribution in [3.05, 3.63) is 29.3 Å². The van der Waals surface area contributed by atoms with Gasteiger partial charge in [0.1, 0.15) is 4.90 Å². The summed E-state index contributed by atoms with van der Waals surface area (Å²) in [6, 6.07) is 6.49. The van der Waals surface area contributed by atoms with E-state index in [0.717, 1.165) is 12.8 Å². The van der Waals surface area contributed by atoms with Crippen molar-refractivity contribution in [3.63, 3.8) is 0 Å². The van der Waals surface area contributed by atoms with E-state index in [1.807, 2.05) is 4.90 Å². The molecule has 7 heteroatoms. The van der Waals surface area contributed by atoms with E-state index in [0.29, 0.717) is 38.5 Å². The molecule has 25 heavy (non-hydrogen) atoms. The monoisotopic (exact) mass is 384 g/mol. The molecule has 1 heterocycles. The molecule has 1 aliphatic carbocycles. The first-order valence-electron chi connectivity index (χ1n) is 9.01. The maximum atomic E-state index is 12.7. The third-order valence-electron chi connectivity index (χ3n) is 5.23. The summed E-state index contributed by atoms with van der Waals surface area (Å²) in [5, 5.41) is 0.235. The van der Waals surface area contributed by atoms with Gasteiger partial charge in [-0.3, -0.25) is 4.79 Å². The molecule has 2 fully saturated rings. The maximum Gasteiger partial charge on any atom is 0.244 e. The van der Waals surface area contributed by atoms with E-state index in [2.05, 4.69) is 0 Å². The van der Waals surface area contributed by atoms with E-state index in [1.165, 1.54) is 29.6 Å². The zero-order chi connectivity index (χ0) is 17.9. The summed E-state index contributed by atoms with van der Waals surface area (Å²) in [6.07, 6.45) is 6.63. The zero-order valence-electron chi connectivity index (χ0n) is 14.4. The van der Waals surface area contributed by atoms with E-state index in [9.17, 15) is 13.2 Å². The van der Waals surface area contributed by atoms with E-state index >= 15 is 0 Å². The number of nitrogens with zero attached hydrogens (tertiary/aromatic N) is 2. The van der Waals surface area contributed by atoms with Gasteiger partial charge in [-0.05, 0) is 30.9 Å². The van der Waals surface area contributed by atoms with Crippen molar-refractivity contribution >= 4 is 27.5 Å². The molecule has 0 aromatic heterocycles. The van der Waals surface area contributed by atoms with Crippen LogP contribution in [0.1, 0.15) is 38.5 Å². The van der Waals surface area contributed by atoms with Gasteiger partial charge in [0.2, 0.25) is 15.9 Å². The number of hydrogen-bond donors (Lipinski definition) is 0. The lowest BCUT2D eigenvalue weighted by atomic mass is 9.86. The third kappa shape index (κ3) is 4.36. The van der Waals surface area contributed by atoms with E-state index < -0.39 is 10.0 Å². The average Bonchev–Trinajstić information content (AvgIpc) is 2.63. The van der Waals surface area contributed by atoms with Crippen molar-refractivity contribution in [2.24, 2.45) is 5.92 Å². The number of rotatable bonds is 4. The summed E-state index contributed by atoms with van der Waals surface area (Å²) in [7, 11) is -3.61. The molecule has 0 spiro atoms. The van der Waals surface area contributed by atoms with Gasteiger partial charge in [0.15, 0.2) is 0 Å². The van der Waals surface area contributed by atoms with Crippen LogP contribution in [0.15, 0.2) is 29.2 Å². The molecule has 0 N–H and O–H groups in total. The smallest absolute Gasteiger partial charge is 0.244 e. The highest BCUT2D eigenvalue weighted by molar-refractivity contribution is 7.89. The van der Waals surface area contributed by atoms with Gasteiger partial charge in [-0.15, -0.1) is 0 Å². The summed E-state index contributed by atoms with van der Waals surface area (Å²) < 4.78 is 26.9. The number of hydrogen-bond acceptors (Lipinski definition) is 3. The van der Waals surface area contributed by atoms with Crippen LogP contribution in [0, 0.1) is 5.92 Å². The first-order valence-corrected chi connectivity index (χ1v) is 10.8. The van der Waals surface area contributed by atoms with Crippen LogP contribution in [0.5, 0.6) is 0 Å². The number of sulfonamides is 1. The van der Waals surface area contributed by atoms with Gasteiger partial charge < -0.3 is 4.90 Å². The molecular weight excluding hydrogens is 360 g/mol. The Morgan fingerprint density at radius 1 is 1.04 bits per heavy atom. The quantitative estimate of drug-likeness (QED) is 0.801. The van der Waals surface area contributed by atoms with Gasteiger partial charge in [-0.25, -0.2) is 8.42 Å². The van der Waals surface area contributed by atoms with Crippen molar-refractivity contribution in [2.45, 2.75) is 43.4 Å². The fourth-order valence-electron chi connectivity index (χ4n) is 3.74. The van der Waals surface area contributed by atoms with Crippen LogP contribution in [0.3, 0.4) is 0 Å². The Kier molecular flexibility index (Phi) is 6.02. The minimum Gasteiger partial charge on any atom is -0.340 e. The molecule has 5 nitrogen and oxygen atoms in total. The predicted molar refractivity (Wildman–Crippen MR) is 98.0 cm³/mol. The molecule has 1 saturated heterocycles. The number of piperazine rings is 1. The molecule has 1 aromatic rings. The molecule has 1 aliphatic heterocycles. The number of halogens is 1. The SMILES string of the molecule is O=C(CC1CCCCC1)N1CCN(S(=O)(=O)c2ccccc2Cl)CC1. The Labute approximate surface area is 155 Å². The molecule has 0 bridgehead atoms. The highest BCUT2D eigenvalue weighted by Crippen LogP contribution is 2.28. The second-order valence-electron chi connectivity index (χ2n) is 6.92.